The average Bonchev–Trinajstić information content (AvgIpc) is 2.41. The molecule has 0 aromatic carbocycles. The Kier molecular flexibility index (Phi) is 5.90. The Balaban J connectivity index is 2.24. The summed E-state index contributed by atoms with van der Waals surface area (Å²) in [7, 11) is 0. The summed E-state index contributed by atoms with van der Waals surface area (Å²) in [5.41, 5.74) is 0.484. The molecule has 2 N–H and O–H groups in total. The Bertz CT molecular complexity index is 476. The van der Waals surface area contributed by atoms with Crippen LogP contribution in [0.25, 0.3) is 0 Å². The van der Waals surface area contributed by atoms with E-state index in [0.717, 1.165) is 0 Å². The largest absolute Gasteiger partial charge is 0.351 e. The highest BCUT2D eigenvalue weighted by atomic mass is 16.2. The summed E-state index contributed by atoms with van der Waals surface area (Å²) in [6.07, 6.45) is 6.47. The van der Waals surface area contributed by atoms with Gasteiger partial charge >= 0.3 is 0 Å². The van der Waals surface area contributed by atoms with Crippen LogP contribution in [0.2, 0.25) is 0 Å². The number of allylic oxidation sites excluding steroid dienone is 1. The number of hydrogen-bond donors (Lipinski definition) is 2. The Hall–Kier alpha value is -2.17. The topological polar surface area (TPSA) is 71.1 Å². The molecule has 1 aromatic heterocycles. The van der Waals surface area contributed by atoms with Crippen LogP contribution in [0, 0.1) is 5.41 Å². The fraction of sp³-hybridized carbons (Fsp3) is 0.400. The van der Waals surface area contributed by atoms with Crippen molar-refractivity contribution in [2.24, 2.45) is 5.41 Å². The molecule has 0 spiro atoms. The molecule has 5 nitrogen and oxygen atoms in total. The number of nitrogens with one attached hydrogen (secondary N) is 2. The van der Waals surface area contributed by atoms with Crippen LogP contribution in [0.4, 0.5) is 0 Å². The monoisotopic (exact) mass is 275 g/mol. The van der Waals surface area contributed by atoms with E-state index in [1.54, 1.807) is 18.3 Å². The number of amides is 2. The molecule has 0 aliphatic heterocycles. The van der Waals surface area contributed by atoms with Gasteiger partial charge in [-0.2, -0.15) is 0 Å². The van der Waals surface area contributed by atoms with Gasteiger partial charge in [0.1, 0.15) is 0 Å². The van der Waals surface area contributed by atoms with E-state index >= 15 is 0 Å². The Morgan fingerprint density at radius 2 is 1.95 bits per heavy atom. The molecule has 2 amide bonds. The van der Waals surface area contributed by atoms with Gasteiger partial charge in [0.05, 0.1) is 5.56 Å². The van der Waals surface area contributed by atoms with Gasteiger partial charge in [-0.05, 0) is 23.6 Å². The molecule has 108 valence electrons. The molecule has 0 atom stereocenters. The summed E-state index contributed by atoms with van der Waals surface area (Å²) in [5.74, 6) is -0.354. The van der Waals surface area contributed by atoms with E-state index in [2.05, 4.69) is 15.6 Å². The van der Waals surface area contributed by atoms with E-state index in [9.17, 15) is 9.59 Å². The highest BCUT2D eigenvalue weighted by Gasteiger charge is 2.06. The quantitative estimate of drug-likeness (QED) is 0.632. The van der Waals surface area contributed by atoms with E-state index in [1.165, 1.54) is 12.3 Å². The van der Waals surface area contributed by atoms with Crippen molar-refractivity contribution in [2.45, 2.75) is 20.8 Å². The minimum absolute atomic E-state index is 0.0220. The molecule has 0 bridgehead atoms. The maximum Gasteiger partial charge on any atom is 0.252 e. The van der Waals surface area contributed by atoms with Gasteiger partial charge in [0.2, 0.25) is 5.91 Å². The van der Waals surface area contributed by atoms with E-state index in [-0.39, 0.29) is 17.2 Å². The van der Waals surface area contributed by atoms with Gasteiger partial charge in [0.25, 0.3) is 5.91 Å². The van der Waals surface area contributed by atoms with Crippen LogP contribution in [0.5, 0.6) is 0 Å². The molecule has 1 heterocycles. The van der Waals surface area contributed by atoms with Crippen LogP contribution < -0.4 is 10.6 Å². The van der Waals surface area contributed by atoms with Gasteiger partial charge in [-0.1, -0.05) is 26.8 Å². The Morgan fingerprint density at radius 3 is 2.55 bits per heavy atom. The maximum absolute atomic E-state index is 11.7. The molecular formula is C15H21N3O2. The number of carbonyl (C=O) groups is 2. The lowest BCUT2D eigenvalue weighted by Crippen LogP contribution is -2.34. The number of carbonyl (C=O) groups excluding carboxylic acids is 2. The van der Waals surface area contributed by atoms with E-state index in [4.69, 9.17) is 0 Å². The zero-order valence-electron chi connectivity index (χ0n) is 12.1. The summed E-state index contributed by atoms with van der Waals surface area (Å²) in [5, 5.41) is 5.41. The standard InChI is InChI=1S/C15H21N3O2/c1-15(2,3)7-6-13(19)17-9-10-18-14(20)12-5-4-8-16-11-12/h4-8,11H,9-10H2,1-3H3,(H,17,19)(H,18,20). The van der Waals surface area contributed by atoms with Crippen molar-refractivity contribution < 1.29 is 9.59 Å². The molecule has 0 aliphatic carbocycles. The van der Waals surface area contributed by atoms with Crippen molar-refractivity contribution in [3.05, 3.63) is 42.2 Å². The normalized spacial score (nSPS) is 11.3. The van der Waals surface area contributed by atoms with E-state index < -0.39 is 0 Å². The lowest BCUT2D eigenvalue weighted by molar-refractivity contribution is -0.116. The Morgan fingerprint density at radius 1 is 1.25 bits per heavy atom. The van der Waals surface area contributed by atoms with Crippen molar-refractivity contribution in [2.75, 3.05) is 13.1 Å². The lowest BCUT2D eigenvalue weighted by atomic mass is 9.96. The first-order valence-electron chi connectivity index (χ1n) is 6.54. The van der Waals surface area contributed by atoms with Crippen molar-refractivity contribution in [1.82, 2.24) is 15.6 Å². The van der Waals surface area contributed by atoms with Crippen LogP contribution in [0.15, 0.2) is 36.7 Å². The molecule has 0 saturated carbocycles. The van der Waals surface area contributed by atoms with Gasteiger partial charge in [-0.25, -0.2) is 0 Å². The smallest absolute Gasteiger partial charge is 0.252 e. The Labute approximate surface area is 119 Å². The van der Waals surface area contributed by atoms with Crippen molar-refractivity contribution in [3.8, 4) is 0 Å². The molecular weight excluding hydrogens is 254 g/mol. The molecule has 0 saturated heterocycles. The van der Waals surface area contributed by atoms with Crippen LogP contribution >= 0.6 is 0 Å². The third-order valence-corrected chi connectivity index (χ3v) is 2.37. The van der Waals surface area contributed by atoms with E-state index in [1.807, 2.05) is 26.8 Å². The van der Waals surface area contributed by atoms with Crippen LogP contribution in [0.1, 0.15) is 31.1 Å². The van der Waals surface area contributed by atoms with Gasteiger partial charge in [0, 0.05) is 25.5 Å². The van der Waals surface area contributed by atoms with Gasteiger partial charge in [-0.3, -0.25) is 14.6 Å². The zero-order chi connectivity index (χ0) is 15.0. The molecule has 0 unspecified atom stereocenters. The summed E-state index contributed by atoms with van der Waals surface area (Å²) in [4.78, 5) is 27.0. The lowest BCUT2D eigenvalue weighted by Gasteiger charge is -2.11. The minimum atomic E-state index is -0.197. The fourth-order valence-corrected chi connectivity index (χ4v) is 1.35. The van der Waals surface area contributed by atoms with Crippen LogP contribution in [-0.2, 0) is 4.79 Å². The second kappa shape index (κ2) is 7.43. The number of rotatable bonds is 5. The summed E-state index contributed by atoms with van der Waals surface area (Å²) >= 11 is 0. The molecule has 20 heavy (non-hydrogen) atoms. The summed E-state index contributed by atoms with van der Waals surface area (Å²) in [6.45, 7) is 6.82. The van der Waals surface area contributed by atoms with Gasteiger partial charge < -0.3 is 10.6 Å². The van der Waals surface area contributed by atoms with Gasteiger partial charge in [-0.15, -0.1) is 0 Å². The van der Waals surface area contributed by atoms with Crippen LogP contribution in [-0.4, -0.2) is 29.9 Å². The highest BCUT2D eigenvalue weighted by Crippen LogP contribution is 2.13. The summed E-state index contributed by atoms with van der Waals surface area (Å²) in [6, 6.07) is 3.39. The first-order chi connectivity index (χ1) is 9.38. The van der Waals surface area contributed by atoms with Gasteiger partial charge in [0.15, 0.2) is 0 Å². The third kappa shape index (κ3) is 6.68. The molecule has 0 radical (unpaired) electrons. The van der Waals surface area contributed by atoms with Crippen molar-refractivity contribution >= 4 is 11.8 Å². The number of nitrogens with zero attached hydrogens (tertiary/aromatic N) is 1. The van der Waals surface area contributed by atoms with Crippen LogP contribution in [0.3, 0.4) is 0 Å². The second-order valence-electron chi connectivity index (χ2n) is 5.49. The molecule has 0 aliphatic rings. The molecule has 1 aromatic rings. The summed E-state index contributed by atoms with van der Waals surface area (Å²) < 4.78 is 0. The molecule has 0 fully saturated rings. The third-order valence-electron chi connectivity index (χ3n) is 2.37. The SMILES string of the molecule is CC(C)(C)C=CC(=O)NCCNC(=O)c1cccnc1. The number of aromatic nitrogens is 1. The highest BCUT2D eigenvalue weighted by molar-refractivity contribution is 5.93. The van der Waals surface area contributed by atoms with Crippen molar-refractivity contribution in [1.29, 1.82) is 0 Å². The van der Waals surface area contributed by atoms with Crippen molar-refractivity contribution in [3.63, 3.8) is 0 Å². The first-order valence-corrected chi connectivity index (χ1v) is 6.54. The molecule has 5 heteroatoms. The van der Waals surface area contributed by atoms with E-state index in [0.29, 0.717) is 18.7 Å². The zero-order valence-corrected chi connectivity index (χ0v) is 12.1. The predicted molar refractivity (Wildman–Crippen MR) is 78.2 cm³/mol. The molecule has 1 rings (SSSR count). The average molecular weight is 275 g/mol. The predicted octanol–water partition coefficient (Wildman–Crippen LogP) is 1.53. The number of hydrogen-bond acceptors (Lipinski definition) is 3. The first kappa shape index (κ1) is 15.9. The fourth-order valence-electron chi connectivity index (χ4n) is 1.35. The second-order valence-corrected chi connectivity index (χ2v) is 5.49. The maximum atomic E-state index is 11.7. The minimum Gasteiger partial charge on any atom is -0.351 e. The number of pyridine rings is 1.